The van der Waals surface area contributed by atoms with Crippen molar-refractivity contribution >= 4 is 14.5 Å². The van der Waals surface area contributed by atoms with E-state index in [0.29, 0.717) is 6.07 Å². The van der Waals surface area contributed by atoms with Crippen molar-refractivity contribution in [2.45, 2.75) is 23.9 Å². The minimum atomic E-state index is -6.59. The average Bonchev–Trinajstić information content (AvgIpc) is 2.14. The minimum Gasteiger partial charge on any atom is -0.169 e. The predicted molar refractivity (Wildman–Crippen MR) is 55.6 cm³/mol. The van der Waals surface area contributed by atoms with Crippen LogP contribution < -0.4 is 5.30 Å². The second kappa shape index (κ2) is 4.79. The highest BCUT2D eigenvalue weighted by molar-refractivity contribution is 7.27. The highest BCUT2D eigenvalue weighted by Gasteiger charge is 2.84. The maximum atomic E-state index is 12.8. The lowest BCUT2D eigenvalue weighted by molar-refractivity contribution is -0.387. The van der Waals surface area contributed by atoms with E-state index in [2.05, 4.69) is 0 Å². The van der Waals surface area contributed by atoms with Crippen molar-refractivity contribution in [1.29, 1.82) is 0 Å². The lowest BCUT2D eigenvalue weighted by Crippen LogP contribution is -2.64. The number of alkyl halides is 9. The van der Waals surface area contributed by atoms with Gasteiger partial charge in [-0.25, -0.2) is 0 Å². The summed E-state index contributed by atoms with van der Waals surface area (Å²) in [6, 6.07) is 2.59. The van der Waals surface area contributed by atoms with Crippen LogP contribution >= 0.6 is 9.24 Å². The van der Waals surface area contributed by atoms with E-state index < -0.39 is 34.8 Å². The maximum absolute atomic E-state index is 12.8. The summed E-state index contributed by atoms with van der Waals surface area (Å²) in [6.07, 6.45) is -19.8. The number of benzene rings is 1. The molecule has 0 radical (unpaired) electrons. The molecule has 10 heteroatoms. The molecule has 0 spiro atoms. The Balaban J connectivity index is 3.88. The van der Waals surface area contributed by atoms with Crippen molar-refractivity contribution in [1.82, 2.24) is 0 Å². The molecule has 20 heavy (non-hydrogen) atoms. The van der Waals surface area contributed by atoms with Gasteiger partial charge in [0.1, 0.15) is 0 Å². The van der Waals surface area contributed by atoms with Gasteiger partial charge in [-0.3, -0.25) is 0 Å². The molecule has 0 bridgehead atoms. The van der Waals surface area contributed by atoms with Crippen molar-refractivity contribution < 1.29 is 39.5 Å². The van der Waals surface area contributed by atoms with Gasteiger partial charge in [-0.1, -0.05) is 24.3 Å². The Morgan fingerprint density at radius 1 is 0.650 bits per heavy atom. The van der Waals surface area contributed by atoms with Crippen molar-refractivity contribution in [2.24, 2.45) is 0 Å². The molecule has 114 valence electrons. The van der Waals surface area contributed by atoms with Crippen molar-refractivity contribution in [2.75, 3.05) is 0 Å². The lowest BCUT2D eigenvalue weighted by Gasteiger charge is -2.39. The van der Waals surface area contributed by atoms with Crippen molar-refractivity contribution in [3.63, 3.8) is 0 Å². The quantitative estimate of drug-likeness (QED) is 0.538. The lowest BCUT2D eigenvalue weighted by atomic mass is 9.78. The minimum absolute atomic E-state index is 0.163. The first kappa shape index (κ1) is 17.1. The number of hydrogen-bond donors (Lipinski definition) is 0. The molecule has 0 nitrogen and oxygen atoms in total. The Morgan fingerprint density at radius 2 is 1.00 bits per heavy atom. The summed E-state index contributed by atoms with van der Waals surface area (Å²) in [5.41, 5.74) is -7.83. The topological polar surface area (TPSA) is 0 Å². The van der Waals surface area contributed by atoms with Crippen LogP contribution in [0.25, 0.3) is 0 Å². The Hall–Kier alpha value is -0.980. The van der Waals surface area contributed by atoms with E-state index in [1.54, 1.807) is 0 Å². The van der Waals surface area contributed by atoms with Crippen LogP contribution in [0.15, 0.2) is 24.3 Å². The molecule has 1 unspecified atom stereocenters. The monoisotopic (exact) mass is 328 g/mol. The molecule has 1 aromatic rings. The fourth-order valence-electron chi connectivity index (χ4n) is 1.78. The summed E-state index contributed by atoms with van der Waals surface area (Å²) in [6.45, 7) is 0. The van der Waals surface area contributed by atoms with Gasteiger partial charge >= 0.3 is 18.5 Å². The standard InChI is InChI=1S/C10H6F9P/c11-8(12,13)7(9(14,15)16,10(17,18)19)5-3-1-2-4-6(5)20/h1-4H,20H2. The first-order chi connectivity index (χ1) is 8.77. The van der Waals surface area contributed by atoms with Gasteiger partial charge in [0.25, 0.3) is 5.41 Å². The van der Waals surface area contributed by atoms with E-state index in [4.69, 9.17) is 0 Å². The SMILES string of the molecule is FC(F)(F)C(c1ccccc1P)(C(F)(F)F)C(F)(F)F. The van der Waals surface area contributed by atoms with E-state index in [1.165, 1.54) is 9.24 Å². The van der Waals surface area contributed by atoms with Crippen LogP contribution in [0.2, 0.25) is 0 Å². The molecular weight excluding hydrogens is 322 g/mol. The molecule has 0 aromatic heterocycles. The molecule has 1 rings (SSSR count). The molecule has 0 aliphatic rings. The highest BCUT2D eigenvalue weighted by Crippen LogP contribution is 2.60. The van der Waals surface area contributed by atoms with Gasteiger partial charge in [0.15, 0.2) is 0 Å². The molecule has 1 atom stereocenters. The van der Waals surface area contributed by atoms with E-state index in [-0.39, 0.29) is 6.07 Å². The summed E-state index contributed by atoms with van der Waals surface area (Å²) in [7, 11) is 1.45. The zero-order chi connectivity index (χ0) is 16.0. The number of rotatable bonds is 1. The van der Waals surface area contributed by atoms with Gasteiger partial charge in [0.05, 0.1) is 0 Å². The summed E-state index contributed by atoms with van der Waals surface area (Å²) >= 11 is 0. The molecular formula is C10H6F9P. The van der Waals surface area contributed by atoms with Crippen LogP contribution in [0.4, 0.5) is 39.5 Å². The Kier molecular flexibility index (Phi) is 4.09. The normalized spacial score (nSPS) is 14.5. The summed E-state index contributed by atoms with van der Waals surface area (Å²) in [4.78, 5) is 0. The number of hydrogen-bond acceptors (Lipinski definition) is 0. The van der Waals surface area contributed by atoms with Gasteiger partial charge in [-0.2, -0.15) is 39.5 Å². The van der Waals surface area contributed by atoms with Crippen molar-refractivity contribution in [3.05, 3.63) is 29.8 Å². The molecule has 0 saturated carbocycles. The summed E-state index contributed by atoms with van der Waals surface area (Å²) < 4.78 is 115. The van der Waals surface area contributed by atoms with Gasteiger partial charge in [0.2, 0.25) is 0 Å². The van der Waals surface area contributed by atoms with Crippen LogP contribution in [-0.4, -0.2) is 18.5 Å². The van der Waals surface area contributed by atoms with Crippen LogP contribution in [-0.2, 0) is 5.41 Å². The second-order valence-electron chi connectivity index (χ2n) is 3.83. The summed E-state index contributed by atoms with van der Waals surface area (Å²) in [5.74, 6) is 0. The van der Waals surface area contributed by atoms with Crippen LogP contribution in [0.5, 0.6) is 0 Å². The van der Waals surface area contributed by atoms with E-state index in [0.717, 1.165) is 12.1 Å². The molecule has 0 fully saturated rings. The highest BCUT2D eigenvalue weighted by atomic mass is 31.0. The predicted octanol–water partition coefficient (Wildman–Crippen LogP) is 4.11. The van der Waals surface area contributed by atoms with E-state index >= 15 is 0 Å². The van der Waals surface area contributed by atoms with Gasteiger partial charge in [0, 0.05) is 0 Å². The first-order valence-electron chi connectivity index (χ1n) is 4.82. The summed E-state index contributed by atoms with van der Waals surface area (Å²) in [5, 5.41) is -0.834. The Bertz CT molecular complexity index is 447. The first-order valence-corrected chi connectivity index (χ1v) is 5.39. The molecule has 0 N–H and O–H groups in total. The third kappa shape index (κ3) is 2.36. The molecule has 0 aliphatic heterocycles. The fraction of sp³-hybridized carbons (Fsp3) is 0.400. The van der Waals surface area contributed by atoms with Crippen LogP contribution in [0.3, 0.4) is 0 Å². The van der Waals surface area contributed by atoms with E-state index in [1.807, 2.05) is 0 Å². The molecule has 1 aromatic carbocycles. The molecule has 0 amide bonds. The van der Waals surface area contributed by atoms with Crippen LogP contribution in [0, 0.1) is 0 Å². The Morgan fingerprint density at radius 3 is 1.30 bits per heavy atom. The van der Waals surface area contributed by atoms with E-state index in [9.17, 15) is 39.5 Å². The van der Waals surface area contributed by atoms with Gasteiger partial charge in [-0.05, 0) is 10.9 Å². The molecule has 0 aliphatic carbocycles. The maximum Gasteiger partial charge on any atom is 0.416 e. The average molecular weight is 328 g/mol. The second-order valence-corrected chi connectivity index (χ2v) is 4.45. The van der Waals surface area contributed by atoms with Crippen molar-refractivity contribution in [3.8, 4) is 0 Å². The molecule has 0 saturated heterocycles. The zero-order valence-electron chi connectivity index (χ0n) is 9.29. The molecule has 0 heterocycles. The third-order valence-electron chi connectivity index (χ3n) is 2.64. The van der Waals surface area contributed by atoms with Gasteiger partial charge in [-0.15, -0.1) is 9.24 Å². The fourth-order valence-corrected chi connectivity index (χ4v) is 2.20. The Labute approximate surface area is 109 Å². The zero-order valence-corrected chi connectivity index (χ0v) is 10.4. The van der Waals surface area contributed by atoms with Gasteiger partial charge < -0.3 is 0 Å². The van der Waals surface area contributed by atoms with Crippen LogP contribution in [0.1, 0.15) is 5.56 Å². The smallest absolute Gasteiger partial charge is 0.169 e. The third-order valence-corrected chi connectivity index (χ3v) is 3.14. The number of halogens is 9. The largest absolute Gasteiger partial charge is 0.416 e.